The molecule has 0 saturated heterocycles. The minimum Gasteiger partial charge on any atom is -0.271 e. The summed E-state index contributed by atoms with van der Waals surface area (Å²) in [6.45, 7) is 0. The topological polar surface area (TPSA) is 38.0 Å². The van der Waals surface area contributed by atoms with Crippen molar-refractivity contribution in [2.45, 2.75) is 17.4 Å². The number of hydrazine groups is 1. The lowest BCUT2D eigenvalue weighted by atomic mass is 10.1. The van der Waals surface area contributed by atoms with Crippen LogP contribution in [0, 0.1) is 5.82 Å². The summed E-state index contributed by atoms with van der Waals surface area (Å²) in [7, 11) is 0. The Morgan fingerprint density at radius 1 is 1.19 bits per heavy atom. The highest BCUT2D eigenvalue weighted by Gasteiger charge is 2.11. The minimum atomic E-state index is -0.244. The molecule has 0 radical (unpaired) electrons. The number of nitrogens with one attached hydrogen (secondary N) is 1. The van der Waals surface area contributed by atoms with E-state index in [0.29, 0.717) is 0 Å². The number of hydrogen-bond acceptors (Lipinski definition) is 3. The zero-order valence-electron chi connectivity index (χ0n) is 11.2. The summed E-state index contributed by atoms with van der Waals surface area (Å²) in [6, 6.07) is 13.0. The van der Waals surface area contributed by atoms with Crippen molar-refractivity contribution in [2.75, 3.05) is 5.75 Å². The molecule has 0 fully saturated rings. The number of halogens is 3. The molecule has 0 bridgehead atoms. The molecule has 0 aliphatic carbocycles. The smallest absolute Gasteiger partial charge is 0.124 e. The van der Waals surface area contributed by atoms with Gasteiger partial charge in [-0.15, -0.1) is 11.8 Å². The quantitative estimate of drug-likeness (QED) is 0.399. The summed E-state index contributed by atoms with van der Waals surface area (Å²) in [5.74, 6) is 6.22. The maximum Gasteiger partial charge on any atom is 0.124 e. The lowest BCUT2D eigenvalue weighted by molar-refractivity contribution is 0.572. The summed E-state index contributed by atoms with van der Waals surface area (Å²) < 4.78 is 14.9. The van der Waals surface area contributed by atoms with E-state index in [4.69, 9.17) is 5.84 Å². The van der Waals surface area contributed by atoms with E-state index in [-0.39, 0.29) is 11.9 Å². The highest BCUT2D eigenvalue weighted by molar-refractivity contribution is 9.10. The van der Waals surface area contributed by atoms with Crippen LogP contribution < -0.4 is 11.3 Å². The van der Waals surface area contributed by atoms with Crippen molar-refractivity contribution in [1.29, 1.82) is 0 Å². The lowest BCUT2D eigenvalue weighted by Gasteiger charge is -2.16. The van der Waals surface area contributed by atoms with E-state index in [2.05, 4.69) is 49.4 Å². The molecule has 0 aliphatic rings. The van der Waals surface area contributed by atoms with Crippen LogP contribution in [0.2, 0.25) is 0 Å². The van der Waals surface area contributed by atoms with Crippen molar-refractivity contribution < 1.29 is 4.39 Å². The second-order valence-electron chi connectivity index (χ2n) is 4.57. The maximum absolute atomic E-state index is 13.1. The van der Waals surface area contributed by atoms with Crippen LogP contribution in [0.25, 0.3) is 0 Å². The molecule has 1 atom stereocenters. The fourth-order valence-corrected chi connectivity index (χ4v) is 3.93. The van der Waals surface area contributed by atoms with Gasteiger partial charge in [-0.3, -0.25) is 11.3 Å². The van der Waals surface area contributed by atoms with Gasteiger partial charge in [0.15, 0.2) is 0 Å². The van der Waals surface area contributed by atoms with Crippen LogP contribution in [0.5, 0.6) is 0 Å². The molecule has 0 saturated carbocycles. The van der Waals surface area contributed by atoms with Gasteiger partial charge in [0.2, 0.25) is 0 Å². The van der Waals surface area contributed by atoms with Crippen molar-refractivity contribution in [1.82, 2.24) is 5.43 Å². The fourth-order valence-electron chi connectivity index (χ4n) is 1.87. The highest BCUT2D eigenvalue weighted by Crippen LogP contribution is 2.24. The van der Waals surface area contributed by atoms with Gasteiger partial charge in [-0.1, -0.05) is 44.0 Å². The third kappa shape index (κ3) is 5.38. The Balaban J connectivity index is 1.97. The Morgan fingerprint density at radius 3 is 2.67 bits per heavy atom. The minimum absolute atomic E-state index is 0.107. The molecule has 21 heavy (non-hydrogen) atoms. The summed E-state index contributed by atoms with van der Waals surface area (Å²) >= 11 is 8.58. The van der Waals surface area contributed by atoms with Gasteiger partial charge in [0.25, 0.3) is 0 Å². The van der Waals surface area contributed by atoms with Gasteiger partial charge in [0.1, 0.15) is 5.82 Å². The number of nitrogens with two attached hydrogens (primary N) is 1. The molecular formula is C15H15Br2FN2S. The predicted octanol–water partition coefficient (Wildman–Crippen LogP) is 4.52. The Kier molecular flexibility index (Phi) is 6.70. The molecule has 0 aromatic heterocycles. The van der Waals surface area contributed by atoms with E-state index in [9.17, 15) is 4.39 Å². The van der Waals surface area contributed by atoms with Crippen LogP contribution in [0.1, 0.15) is 5.56 Å². The molecule has 6 heteroatoms. The fraction of sp³-hybridized carbons (Fsp3) is 0.200. The molecule has 1 unspecified atom stereocenters. The maximum atomic E-state index is 13.1. The van der Waals surface area contributed by atoms with Gasteiger partial charge in [-0.25, -0.2) is 4.39 Å². The molecule has 0 amide bonds. The van der Waals surface area contributed by atoms with E-state index in [1.165, 1.54) is 17.0 Å². The molecule has 3 N–H and O–H groups in total. The van der Waals surface area contributed by atoms with Gasteiger partial charge >= 0.3 is 0 Å². The van der Waals surface area contributed by atoms with Crippen molar-refractivity contribution in [3.05, 3.63) is 62.8 Å². The molecular weight excluding hydrogens is 419 g/mol. The van der Waals surface area contributed by atoms with Crippen molar-refractivity contribution >= 4 is 43.6 Å². The lowest BCUT2D eigenvalue weighted by Crippen LogP contribution is -2.38. The Hall–Kier alpha value is -0.400. The first-order valence-corrected chi connectivity index (χ1v) is 8.94. The molecule has 112 valence electrons. The van der Waals surface area contributed by atoms with Crippen molar-refractivity contribution in [3.63, 3.8) is 0 Å². The molecule has 0 aliphatic heterocycles. The van der Waals surface area contributed by atoms with Gasteiger partial charge in [0.05, 0.1) is 0 Å². The monoisotopic (exact) mass is 432 g/mol. The van der Waals surface area contributed by atoms with Gasteiger partial charge in [-0.2, -0.15) is 0 Å². The summed E-state index contributed by atoms with van der Waals surface area (Å²) in [5.41, 5.74) is 3.87. The number of thioether (sulfide) groups is 1. The second-order valence-corrected chi connectivity index (χ2v) is 7.44. The van der Waals surface area contributed by atoms with E-state index in [1.54, 1.807) is 17.8 Å². The van der Waals surface area contributed by atoms with Gasteiger partial charge in [0, 0.05) is 25.6 Å². The van der Waals surface area contributed by atoms with E-state index in [0.717, 1.165) is 26.7 Å². The van der Waals surface area contributed by atoms with E-state index in [1.807, 2.05) is 12.1 Å². The van der Waals surface area contributed by atoms with E-state index >= 15 is 0 Å². The Bertz CT molecular complexity index is 610. The average molecular weight is 434 g/mol. The average Bonchev–Trinajstić information content (AvgIpc) is 2.45. The van der Waals surface area contributed by atoms with Gasteiger partial charge < -0.3 is 0 Å². The third-order valence-electron chi connectivity index (χ3n) is 2.96. The zero-order chi connectivity index (χ0) is 15.2. The summed E-state index contributed by atoms with van der Waals surface area (Å²) in [4.78, 5) is 1.18. The number of rotatable bonds is 6. The largest absolute Gasteiger partial charge is 0.271 e. The zero-order valence-corrected chi connectivity index (χ0v) is 15.1. The van der Waals surface area contributed by atoms with Crippen molar-refractivity contribution in [3.8, 4) is 0 Å². The molecule has 0 spiro atoms. The summed E-state index contributed by atoms with van der Waals surface area (Å²) in [5, 5.41) is 0. The Labute approximate surface area is 144 Å². The third-order valence-corrected chi connectivity index (χ3v) is 5.35. The second kappa shape index (κ2) is 8.29. The summed E-state index contributed by atoms with van der Waals surface area (Å²) in [6.07, 6.45) is 0.734. The molecule has 0 heterocycles. The highest BCUT2D eigenvalue weighted by atomic mass is 79.9. The number of benzene rings is 2. The Morgan fingerprint density at radius 2 is 2.00 bits per heavy atom. The number of hydrogen-bond donors (Lipinski definition) is 2. The molecule has 2 rings (SSSR count). The SMILES string of the molecule is NNC(CSc1cccc(Br)c1)Cc1ccc(F)cc1Br. The van der Waals surface area contributed by atoms with Gasteiger partial charge in [-0.05, 0) is 42.3 Å². The molecule has 2 aromatic carbocycles. The molecule has 2 aromatic rings. The standard InChI is InChI=1S/C15H15Br2FN2S/c16-11-2-1-3-14(7-11)21-9-13(20-19)6-10-4-5-12(18)8-15(10)17/h1-5,7-8,13,20H,6,9,19H2. The van der Waals surface area contributed by atoms with Crippen molar-refractivity contribution in [2.24, 2.45) is 5.84 Å². The van der Waals surface area contributed by atoms with Crippen LogP contribution in [0.3, 0.4) is 0 Å². The predicted molar refractivity (Wildman–Crippen MR) is 93.8 cm³/mol. The first kappa shape index (κ1) is 17.0. The first-order chi connectivity index (χ1) is 10.1. The molecule has 2 nitrogen and oxygen atoms in total. The van der Waals surface area contributed by atoms with Crippen LogP contribution >= 0.6 is 43.6 Å². The van der Waals surface area contributed by atoms with Crippen LogP contribution in [-0.4, -0.2) is 11.8 Å². The van der Waals surface area contributed by atoms with Crippen LogP contribution in [-0.2, 0) is 6.42 Å². The normalized spacial score (nSPS) is 12.4. The first-order valence-electron chi connectivity index (χ1n) is 6.37. The van der Waals surface area contributed by atoms with Crippen LogP contribution in [0.15, 0.2) is 56.3 Å². The van der Waals surface area contributed by atoms with Crippen LogP contribution in [0.4, 0.5) is 4.39 Å². The van der Waals surface area contributed by atoms with E-state index < -0.39 is 0 Å².